The van der Waals surface area contributed by atoms with Gasteiger partial charge >= 0.3 is 0 Å². The van der Waals surface area contributed by atoms with E-state index in [4.69, 9.17) is 16.3 Å². The third kappa shape index (κ3) is 2.44. The fraction of sp³-hybridized carbons (Fsp3) is 0.235. The number of ketones is 1. The van der Waals surface area contributed by atoms with E-state index in [1.807, 2.05) is 43.3 Å². The van der Waals surface area contributed by atoms with Gasteiger partial charge in [0.1, 0.15) is 5.75 Å². The number of Topliss-reactive ketones (excluding diaryl/α,β-unsaturated/α-hetero) is 1. The highest BCUT2D eigenvalue weighted by Crippen LogP contribution is 2.33. The first-order valence-corrected chi connectivity index (χ1v) is 7.06. The van der Waals surface area contributed by atoms with Gasteiger partial charge in [0.05, 0.1) is 6.61 Å². The number of benzene rings is 2. The van der Waals surface area contributed by atoms with Crippen LogP contribution in [0.25, 0.3) is 0 Å². The Morgan fingerprint density at radius 2 is 2.10 bits per heavy atom. The molecule has 20 heavy (non-hydrogen) atoms. The van der Waals surface area contributed by atoms with E-state index in [1.54, 1.807) is 0 Å². The zero-order valence-corrected chi connectivity index (χ0v) is 12.0. The van der Waals surface area contributed by atoms with Gasteiger partial charge in [-0.25, -0.2) is 0 Å². The van der Waals surface area contributed by atoms with Gasteiger partial charge in [0.2, 0.25) is 0 Å². The number of carbonyl (C=O) groups excluding carboxylic acids is 1. The van der Waals surface area contributed by atoms with Crippen molar-refractivity contribution in [2.45, 2.75) is 19.8 Å². The van der Waals surface area contributed by atoms with Crippen molar-refractivity contribution < 1.29 is 9.53 Å². The fourth-order valence-corrected chi connectivity index (χ4v) is 2.89. The number of carbonyl (C=O) groups is 1. The lowest BCUT2D eigenvalue weighted by Crippen LogP contribution is -2.06. The molecule has 2 nitrogen and oxygen atoms in total. The second kappa shape index (κ2) is 5.29. The molecule has 0 bridgehead atoms. The summed E-state index contributed by atoms with van der Waals surface area (Å²) in [5.41, 5.74) is 3.75. The first-order valence-electron chi connectivity index (χ1n) is 6.68. The van der Waals surface area contributed by atoms with Gasteiger partial charge in [0.15, 0.2) is 5.78 Å². The Bertz CT molecular complexity index is 677. The number of hydrogen-bond acceptors (Lipinski definition) is 2. The zero-order valence-electron chi connectivity index (χ0n) is 11.3. The van der Waals surface area contributed by atoms with Gasteiger partial charge in [-0.1, -0.05) is 35.9 Å². The molecule has 1 aliphatic heterocycles. The highest BCUT2D eigenvalue weighted by atomic mass is 35.5. The minimum atomic E-state index is 0.100. The highest BCUT2D eigenvalue weighted by Gasteiger charge is 2.20. The summed E-state index contributed by atoms with van der Waals surface area (Å²) < 4.78 is 5.64. The molecule has 0 radical (unpaired) electrons. The molecule has 102 valence electrons. The molecule has 0 atom stereocenters. The monoisotopic (exact) mass is 286 g/mol. The first-order chi connectivity index (χ1) is 9.65. The van der Waals surface area contributed by atoms with Crippen LogP contribution < -0.4 is 4.74 Å². The maximum atomic E-state index is 12.4. The smallest absolute Gasteiger partial charge is 0.167 e. The number of hydrogen-bond donors (Lipinski definition) is 0. The summed E-state index contributed by atoms with van der Waals surface area (Å²) in [7, 11) is 0. The third-order valence-electron chi connectivity index (χ3n) is 3.62. The minimum Gasteiger partial charge on any atom is -0.493 e. The van der Waals surface area contributed by atoms with Crippen LogP contribution in [-0.4, -0.2) is 12.4 Å². The summed E-state index contributed by atoms with van der Waals surface area (Å²) in [6.07, 6.45) is 1.19. The lowest BCUT2D eigenvalue weighted by Gasteiger charge is -2.09. The minimum absolute atomic E-state index is 0.100. The molecule has 0 aromatic heterocycles. The molecule has 1 heterocycles. The van der Waals surface area contributed by atoms with E-state index in [1.165, 1.54) is 0 Å². The molecule has 0 N–H and O–H groups in total. The van der Waals surface area contributed by atoms with Crippen molar-refractivity contribution in [3.05, 3.63) is 63.7 Å². The van der Waals surface area contributed by atoms with E-state index >= 15 is 0 Å². The summed E-state index contributed by atoms with van der Waals surface area (Å²) in [6, 6.07) is 11.4. The van der Waals surface area contributed by atoms with Crippen LogP contribution in [0, 0.1) is 6.92 Å². The Labute approximate surface area is 123 Å². The van der Waals surface area contributed by atoms with Crippen molar-refractivity contribution in [2.24, 2.45) is 0 Å². The van der Waals surface area contributed by atoms with Crippen LogP contribution >= 0.6 is 11.6 Å². The number of halogens is 1. The lowest BCUT2D eigenvalue weighted by atomic mass is 9.97. The van der Waals surface area contributed by atoms with Gasteiger partial charge in [0.25, 0.3) is 0 Å². The van der Waals surface area contributed by atoms with Crippen molar-refractivity contribution in [3.63, 3.8) is 0 Å². The molecule has 0 saturated carbocycles. The van der Waals surface area contributed by atoms with Crippen molar-refractivity contribution >= 4 is 17.4 Å². The van der Waals surface area contributed by atoms with Crippen molar-refractivity contribution in [1.82, 2.24) is 0 Å². The Morgan fingerprint density at radius 3 is 2.90 bits per heavy atom. The fourth-order valence-electron chi connectivity index (χ4n) is 2.63. The highest BCUT2D eigenvalue weighted by molar-refractivity contribution is 6.30. The van der Waals surface area contributed by atoms with Gasteiger partial charge in [-0.2, -0.15) is 0 Å². The van der Waals surface area contributed by atoms with Crippen LogP contribution in [0.3, 0.4) is 0 Å². The van der Waals surface area contributed by atoms with E-state index < -0.39 is 0 Å². The molecule has 0 saturated heterocycles. The normalized spacial score (nSPS) is 12.9. The van der Waals surface area contributed by atoms with E-state index in [0.29, 0.717) is 18.1 Å². The zero-order chi connectivity index (χ0) is 14.1. The summed E-state index contributed by atoms with van der Waals surface area (Å²) in [4.78, 5) is 12.4. The maximum Gasteiger partial charge on any atom is 0.167 e. The van der Waals surface area contributed by atoms with Crippen molar-refractivity contribution in [1.29, 1.82) is 0 Å². The van der Waals surface area contributed by atoms with E-state index in [9.17, 15) is 4.79 Å². The quantitative estimate of drug-likeness (QED) is 0.797. The van der Waals surface area contributed by atoms with Crippen LogP contribution in [0.5, 0.6) is 5.75 Å². The number of rotatable bonds is 3. The van der Waals surface area contributed by atoms with E-state index in [2.05, 4.69) is 0 Å². The first kappa shape index (κ1) is 13.2. The van der Waals surface area contributed by atoms with Gasteiger partial charge in [-0.3, -0.25) is 4.79 Å². The molecule has 2 aromatic carbocycles. The molecule has 1 aliphatic rings. The standard InChI is InChI=1S/C17H15ClO2/c1-11-4-2-3-5-15(11)16(19)10-13-9-14(18)8-12-6-7-20-17(12)13/h2-5,8-9H,6-7,10H2,1H3. The summed E-state index contributed by atoms with van der Waals surface area (Å²) >= 11 is 6.12. The topological polar surface area (TPSA) is 26.3 Å². The molecule has 0 aliphatic carbocycles. The average molecular weight is 287 g/mol. The Kier molecular flexibility index (Phi) is 3.49. The second-order valence-corrected chi connectivity index (χ2v) is 5.50. The number of fused-ring (bicyclic) bond motifs is 1. The predicted octanol–water partition coefficient (Wildman–Crippen LogP) is 4.01. The van der Waals surface area contributed by atoms with Gasteiger partial charge in [-0.15, -0.1) is 0 Å². The summed E-state index contributed by atoms with van der Waals surface area (Å²) in [5, 5.41) is 0.668. The van der Waals surface area contributed by atoms with E-state index in [0.717, 1.165) is 34.4 Å². The van der Waals surface area contributed by atoms with Crippen LogP contribution in [-0.2, 0) is 12.8 Å². The third-order valence-corrected chi connectivity index (χ3v) is 3.84. The molecular formula is C17H15ClO2. The molecular weight excluding hydrogens is 272 g/mol. The maximum absolute atomic E-state index is 12.4. The van der Waals surface area contributed by atoms with Gasteiger partial charge in [0, 0.05) is 29.0 Å². The molecule has 3 rings (SSSR count). The summed E-state index contributed by atoms with van der Waals surface area (Å²) in [6.45, 7) is 2.62. The molecule has 0 spiro atoms. The Hall–Kier alpha value is -1.80. The number of ether oxygens (including phenoxy) is 1. The van der Waals surface area contributed by atoms with Crippen LogP contribution in [0.1, 0.15) is 27.0 Å². The van der Waals surface area contributed by atoms with Crippen LogP contribution in [0.2, 0.25) is 5.02 Å². The van der Waals surface area contributed by atoms with E-state index in [-0.39, 0.29) is 5.78 Å². The van der Waals surface area contributed by atoms with Crippen LogP contribution in [0.15, 0.2) is 36.4 Å². The lowest BCUT2D eigenvalue weighted by molar-refractivity contribution is 0.0991. The summed E-state index contributed by atoms with van der Waals surface area (Å²) in [5.74, 6) is 0.944. The predicted molar refractivity (Wildman–Crippen MR) is 79.9 cm³/mol. The molecule has 0 unspecified atom stereocenters. The molecule has 2 aromatic rings. The SMILES string of the molecule is Cc1ccccc1C(=O)Cc1cc(Cl)cc2c1OCC2. The van der Waals surface area contributed by atoms with Gasteiger partial charge in [-0.05, 0) is 30.2 Å². The molecule has 3 heteroatoms. The van der Waals surface area contributed by atoms with Crippen molar-refractivity contribution in [2.75, 3.05) is 6.61 Å². The van der Waals surface area contributed by atoms with Gasteiger partial charge < -0.3 is 4.74 Å². The average Bonchev–Trinajstić information content (AvgIpc) is 2.87. The molecule has 0 fully saturated rings. The Morgan fingerprint density at radius 1 is 1.30 bits per heavy atom. The second-order valence-electron chi connectivity index (χ2n) is 5.07. The Balaban J connectivity index is 1.93. The molecule has 0 amide bonds. The van der Waals surface area contributed by atoms with Crippen LogP contribution in [0.4, 0.5) is 0 Å². The largest absolute Gasteiger partial charge is 0.493 e. The number of aryl methyl sites for hydroxylation is 1. The van der Waals surface area contributed by atoms with Crippen molar-refractivity contribution in [3.8, 4) is 5.75 Å².